The van der Waals surface area contributed by atoms with E-state index in [1.54, 1.807) is 0 Å². The van der Waals surface area contributed by atoms with E-state index < -0.39 is 0 Å². The molecule has 0 radical (unpaired) electrons. The van der Waals surface area contributed by atoms with E-state index in [4.69, 9.17) is 0 Å². The van der Waals surface area contributed by atoms with Crippen LogP contribution in [0.1, 0.15) is 50.3 Å². The van der Waals surface area contributed by atoms with Crippen LogP contribution in [0.25, 0.3) is 0 Å². The molecule has 1 spiro atoms. The third-order valence-electron chi connectivity index (χ3n) is 4.93. The summed E-state index contributed by atoms with van der Waals surface area (Å²) < 4.78 is 0. The van der Waals surface area contributed by atoms with Gasteiger partial charge in [0.2, 0.25) is 0 Å². The zero-order chi connectivity index (χ0) is 13.1. The Kier molecular flexibility index (Phi) is 4.25. The van der Waals surface area contributed by atoms with Gasteiger partial charge in [0.1, 0.15) is 0 Å². The highest BCUT2D eigenvalue weighted by Gasteiger charge is 2.43. The number of hydrogen-bond acceptors (Lipinski definition) is 3. The van der Waals surface area contributed by atoms with Crippen molar-refractivity contribution < 1.29 is 0 Å². The van der Waals surface area contributed by atoms with E-state index >= 15 is 0 Å². The van der Waals surface area contributed by atoms with Gasteiger partial charge >= 0.3 is 0 Å². The molecule has 0 aromatic carbocycles. The molecule has 2 heterocycles. The van der Waals surface area contributed by atoms with Gasteiger partial charge < -0.3 is 5.32 Å². The lowest BCUT2D eigenvalue weighted by Gasteiger charge is -2.48. The Morgan fingerprint density at radius 3 is 2.95 bits per heavy atom. The SMILES string of the molecule is CCCC1CN(Cc2cccs2)C2(CCCC2)CN1. The Balaban J connectivity index is 1.73. The molecule has 2 nitrogen and oxygen atoms in total. The van der Waals surface area contributed by atoms with Gasteiger partial charge in [-0.25, -0.2) is 0 Å². The van der Waals surface area contributed by atoms with Crippen LogP contribution in [0.15, 0.2) is 17.5 Å². The lowest BCUT2D eigenvalue weighted by atomic mass is 9.90. The molecule has 106 valence electrons. The summed E-state index contributed by atoms with van der Waals surface area (Å²) in [6.07, 6.45) is 8.23. The van der Waals surface area contributed by atoms with E-state index in [9.17, 15) is 0 Å². The van der Waals surface area contributed by atoms with Crippen LogP contribution in [0, 0.1) is 0 Å². The predicted octanol–water partition coefficient (Wildman–Crippen LogP) is 3.63. The van der Waals surface area contributed by atoms with Crippen molar-refractivity contribution in [1.29, 1.82) is 0 Å². The van der Waals surface area contributed by atoms with Gasteiger partial charge in [-0.3, -0.25) is 4.90 Å². The maximum Gasteiger partial charge on any atom is 0.0338 e. The first-order chi connectivity index (χ1) is 9.32. The van der Waals surface area contributed by atoms with Crippen LogP contribution in [0.2, 0.25) is 0 Å². The maximum absolute atomic E-state index is 3.82. The largest absolute Gasteiger partial charge is 0.311 e. The summed E-state index contributed by atoms with van der Waals surface area (Å²) in [6, 6.07) is 5.19. The zero-order valence-electron chi connectivity index (χ0n) is 12.0. The van der Waals surface area contributed by atoms with Gasteiger partial charge in [0.05, 0.1) is 0 Å². The third kappa shape index (κ3) is 2.88. The number of hydrogen-bond donors (Lipinski definition) is 1. The van der Waals surface area contributed by atoms with Crippen molar-refractivity contribution >= 4 is 11.3 Å². The van der Waals surface area contributed by atoms with Crippen LogP contribution in [0.5, 0.6) is 0 Å². The average molecular weight is 278 g/mol. The van der Waals surface area contributed by atoms with Crippen LogP contribution < -0.4 is 5.32 Å². The fourth-order valence-electron chi connectivity index (χ4n) is 3.86. The number of rotatable bonds is 4. The molecule has 1 unspecified atom stereocenters. The second-order valence-electron chi connectivity index (χ2n) is 6.26. The summed E-state index contributed by atoms with van der Waals surface area (Å²) in [5, 5.41) is 6.03. The van der Waals surface area contributed by atoms with Crippen molar-refractivity contribution in [3.63, 3.8) is 0 Å². The van der Waals surface area contributed by atoms with Gasteiger partial charge in [0, 0.05) is 36.1 Å². The number of nitrogens with zero attached hydrogens (tertiary/aromatic N) is 1. The number of nitrogens with one attached hydrogen (secondary N) is 1. The molecule has 1 saturated carbocycles. The van der Waals surface area contributed by atoms with E-state index in [-0.39, 0.29) is 0 Å². The van der Waals surface area contributed by atoms with Crippen molar-refractivity contribution in [2.45, 2.75) is 63.6 Å². The molecule has 1 N–H and O–H groups in total. The normalized spacial score (nSPS) is 27.1. The second-order valence-corrected chi connectivity index (χ2v) is 7.29. The lowest BCUT2D eigenvalue weighted by molar-refractivity contribution is 0.0347. The molecule has 3 rings (SSSR count). The van der Waals surface area contributed by atoms with Gasteiger partial charge in [-0.05, 0) is 30.7 Å². The molecule has 1 aliphatic heterocycles. The predicted molar refractivity (Wildman–Crippen MR) is 82.6 cm³/mol. The Bertz CT molecular complexity index is 381. The molecule has 1 atom stereocenters. The van der Waals surface area contributed by atoms with Crippen molar-refractivity contribution in [2.24, 2.45) is 0 Å². The third-order valence-corrected chi connectivity index (χ3v) is 5.79. The molecule has 1 aromatic heterocycles. The van der Waals surface area contributed by atoms with Crippen LogP contribution >= 0.6 is 11.3 Å². The first-order valence-corrected chi connectivity index (χ1v) is 8.71. The average Bonchev–Trinajstić information content (AvgIpc) is 3.06. The molecule has 0 amide bonds. The molecule has 1 aliphatic carbocycles. The smallest absolute Gasteiger partial charge is 0.0338 e. The summed E-state index contributed by atoms with van der Waals surface area (Å²) in [4.78, 5) is 4.34. The molecule has 1 saturated heterocycles. The van der Waals surface area contributed by atoms with Crippen molar-refractivity contribution in [3.8, 4) is 0 Å². The first kappa shape index (κ1) is 13.6. The Morgan fingerprint density at radius 2 is 2.26 bits per heavy atom. The second kappa shape index (κ2) is 5.94. The Hall–Kier alpha value is -0.380. The topological polar surface area (TPSA) is 15.3 Å². The van der Waals surface area contributed by atoms with E-state index in [2.05, 4.69) is 34.7 Å². The monoisotopic (exact) mass is 278 g/mol. The fraction of sp³-hybridized carbons (Fsp3) is 0.750. The minimum Gasteiger partial charge on any atom is -0.311 e. The summed E-state index contributed by atoms with van der Waals surface area (Å²) >= 11 is 1.91. The molecule has 2 aliphatic rings. The van der Waals surface area contributed by atoms with Gasteiger partial charge in [-0.15, -0.1) is 11.3 Å². The van der Waals surface area contributed by atoms with E-state index in [1.807, 2.05) is 11.3 Å². The molecule has 1 aromatic rings. The molecule has 19 heavy (non-hydrogen) atoms. The molecular weight excluding hydrogens is 252 g/mol. The minimum absolute atomic E-state index is 0.466. The van der Waals surface area contributed by atoms with E-state index in [0.717, 1.165) is 0 Å². The lowest BCUT2D eigenvalue weighted by Crippen LogP contribution is -2.63. The van der Waals surface area contributed by atoms with Crippen LogP contribution in [0.3, 0.4) is 0 Å². The van der Waals surface area contributed by atoms with Crippen molar-refractivity contribution in [3.05, 3.63) is 22.4 Å². The number of piperazine rings is 1. The van der Waals surface area contributed by atoms with E-state index in [1.165, 1.54) is 63.0 Å². The van der Waals surface area contributed by atoms with Crippen LogP contribution in [-0.2, 0) is 6.54 Å². The summed E-state index contributed by atoms with van der Waals surface area (Å²) in [5.41, 5.74) is 0.466. The highest BCUT2D eigenvalue weighted by molar-refractivity contribution is 7.09. The summed E-state index contributed by atoms with van der Waals surface area (Å²) in [6.45, 7) is 5.92. The molecule has 3 heteroatoms. The van der Waals surface area contributed by atoms with Gasteiger partial charge in [0.15, 0.2) is 0 Å². The van der Waals surface area contributed by atoms with Crippen LogP contribution in [-0.4, -0.2) is 29.6 Å². The Morgan fingerprint density at radius 1 is 1.42 bits per heavy atom. The molecule has 0 bridgehead atoms. The standard InChI is InChI=1S/C16H26N2S/c1-2-6-14-11-18(12-15-7-5-10-19-15)16(13-17-14)8-3-4-9-16/h5,7,10,14,17H,2-4,6,8-9,11-13H2,1H3. The highest BCUT2D eigenvalue weighted by Crippen LogP contribution is 2.38. The van der Waals surface area contributed by atoms with Gasteiger partial charge in [-0.2, -0.15) is 0 Å². The fourth-order valence-corrected chi connectivity index (χ4v) is 4.58. The number of thiophene rings is 1. The Labute approximate surface area is 121 Å². The quantitative estimate of drug-likeness (QED) is 0.904. The van der Waals surface area contributed by atoms with Crippen molar-refractivity contribution in [2.75, 3.05) is 13.1 Å². The van der Waals surface area contributed by atoms with Gasteiger partial charge in [0.25, 0.3) is 0 Å². The molecular formula is C16H26N2S. The zero-order valence-corrected chi connectivity index (χ0v) is 12.8. The summed E-state index contributed by atoms with van der Waals surface area (Å²) in [7, 11) is 0. The van der Waals surface area contributed by atoms with E-state index in [0.29, 0.717) is 11.6 Å². The first-order valence-electron chi connectivity index (χ1n) is 7.83. The summed E-state index contributed by atoms with van der Waals surface area (Å²) in [5.74, 6) is 0. The van der Waals surface area contributed by atoms with Crippen LogP contribution in [0.4, 0.5) is 0 Å². The maximum atomic E-state index is 3.82. The highest BCUT2D eigenvalue weighted by atomic mass is 32.1. The molecule has 2 fully saturated rings. The van der Waals surface area contributed by atoms with Crippen molar-refractivity contribution in [1.82, 2.24) is 10.2 Å². The minimum atomic E-state index is 0.466. The van der Waals surface area contributed by atoms with Gasteiger partial charge in [-0.1, -0.05) is 32.3 Å².